The SMILES string of the molecule is CC1(C)Cc2cc3c(cc2O1)C(=O)NC=CC=C[C](=[W])c1nccn1CCCCC=CC3. The molecule has 2 aromatic rings. The minimum absolute atomic E-state index is 0.114. The van der Waals surface area contributed by atoms with Crippen LogP contribution in [0.25, 0.3) is 0 Å². The Bertz CT molecular complexity index is 1110. The van der Waals surface area contributed by atoms with E-state index in [0.29, 0.717) is 5.56 Å². The molecule has 0 unspecified atom stereocenters. The van der Waals surface area contributed by atoms with Gasteiger partial charge in [0.15, 0.2) is 0 Å². The molecule has 0 spiro atoms. The number of carbonyl (C=O) groups excluding carboxylic acids is 1. The number of imidazole rings is 1. The van der Waals surface area contributed by atoms with Crippen LogP contribution in [0.2, 0.25) is 0 Å². The summed E-state index contributed by atoms with van der Waals surface area (Å²) in [7, 11) is 0. The fourth-order valence-electron chi connectivity index (χ4n) is 4.14. The predicted octanol–water partition coefficient (Wildman–Crippen LogP) is 4.45. The summed E-state index contributed by atoms with van der Waals surface area (Å²) in [6, 6.07) is 4.05. The van der Waals surface area contributed by atoms with Crippen molar-refractivity contribution < 1.29 is 28.9 Å². The Balaban J connectivity index is 1.58. The first-order valence-electron chi connectivity index (χ1n) is 11.1. The number of carbonyl (C=O) groups is 1. The molecule has 6 heteroatoms. The van der Waals surface area contributed by atoms with Gasteiger partial charge < -0.3 is 0 Å². The summed E-state index contributed by atoms with van der Waals surface area (Å²) in [6.07, 6.45) is 20.7. The van der Waals surface area contributed by atoms with Crippen molar-refractivity contribution in [2.24, 2.45) is 0 Å². The summed E-state index contributed by atoms with van der Waals surface area (Å²) in [4.78, 5) is 17.5. The molecule has 1 amide bonds. The zero-order valence-electron chi connectivity index (χ0n) is 18.6. The molecule has 0 saturated carbocycles. The molecule has 2 aliphatic rings. The zero-order valence-corrected chi connectivity index (χ0v) is 21.6. The van der Waals surface area contributed by atoms with Crippen LogP contribution in [-0.4, -0.2) is 25.0 Å². The van der Waals surface area contributed by atoms with Crippen LogP contribution in [0.15, 0.2) is 61.1 Å². The van der Waals surface area contributed by atoms with Crippen LogP contribution in [0.3, 0.4) is 0 Å². The van der Waals surface area contributed by atoms with Crippen LogP contribution in [0.1, 0.15) is 60.4 Å². The van der Waals surface area contributed by atoms with E-state index in [4.69, 9.17) is 4.74 Å². The second-order valence-corrected chi connectivity index (χ2v) is 10.4. The number of aromatic nitrogens is 2. The van der Waals surface area contributed by atoms with Gasteiger partial charge in [0.2, 0.25) is 0 Å². The molecule has 0 aliphatic carbocycles. The molecule has 0 bridgehead atoms. The topological polar surface area (TPSA) is 56.1 Å². The van der Waals surface area contributed by atoms with E-state index in [9.17, 15) is 4.79 Å². The van der Waals surface area contributed by atoms with Crippen LogP contribution < -0.4 is 10.1 Å². The van der Waals surface area contributed by atoms with Gasteiger partial charge in [-0.05, 0) is 13.8 Å². The number of aryl methyl sites for hydroxylation is 1. The van der Waals surface area contributed by atoms with Crippen LogP contribution in [0.5, 0.6) is 5.75 Å². The van der Waals surface area contributed by atoms with Gasteiger partial charge in [-0.2, -0.15) is 0 Å². The predicted molar refractivity (Wildman–Crippen MR) is 124 cm³/mol. The number of fused-ring (bicyclic) bond motifs is 3. The minimum atomic E-state index is -0.230. The van der Waals surface area contributed by atoms with Gasteiger partial charge in [0.25, 0.3) is 0 Å². The Morgan fingerprint density at radius 1 is 1.16 bits per heavy atom. The first kappa shape index (κ1) is 22.7. The number of allylic oxidation sites excluding steroid dienone is 5. The Labute approximate surface area is 200 Å². The second-order valence-electron chi connectivity index (χ2n) is 8.83. The molecule has 0 atom stereocenters. The van der Waals surface area contributed by atoms with Crippen molar-refractivity contribution in [3.8, 4) is 5.75 Å². The Kier molecular flexibility index (Phi) is 7.05. The van der Waals surface area contributed by atoms with E-state index in [-0.39, 0.29) is 11.5 Å². The van der Waals surface area contributed by atoms with Gasteiger partial charge in [-0.15, -0.1) is 0 Å². The quantitative estimate of drug-likeness (QED) is 0.456. The van der Waals surface area contributed by atoms with Crippen LogP contribution in [-0.2, 0) is 38.7 Å². The summed E-state index contributed by atoms with van der Waals surface area (Å²) in [5, 5.41) is 2.91. The standard InChI is InChI=1S/C26H29N3O2.W/c1-26(2)19-21-17-20-11-7-4-3-5-10-15-29-16-14-27-24(29)12-8-6-9-13-28-25(30)22(20)18-23(21)31-26;/h4,6-9,13-14,16-18H,3,5,10-11,15,19H2,1-2H3,(H,28,30);. The third-order valence-electron chi connectivity index (χ3n) is 5.66. The summed E-state index contributed by atoms with van der Waals surface area (Å²) >= 11 is 1.36. The molecule has 0 saturated heterocycles. The fourth-order valence-corrected chi connectivity index (χ4v) is 5.04. The molecule has 1 aromatic heterocycles. The molecule has 4 rings (SSSR count). The summed E-state index contributed by atoms with van der Waals surface area (Å²) < 4.78 is 9.47. The molecule has 3 heterocycles. The van der Waals surface area contributed by atoms with Gasteiger partial charge in [0.1, 0.15) is 0 Å². The maximum atomic E-state index is 13.0. The third kappa shape index (κ3) is 5.45. The third-order valence-corrected chi connectivity index (χ3v) is 6.81. The molecule has 0 radical (unpaired) electrons. The first-order chi connectivity index (χ1) is 15.4. The molecular formula is C26H29N3O2W. The van der Waals surface area contributed by atoms with Gasteiger partial charge >= 0.3 is 187 Å². The maximum absolute atomic E-state index is 13.0. The van der Waals surface area contributed by atoms with E-state index in [1.54, 1.807) is 6.20 Å². The molecule has 5 nitrogen and oxygen atoms in total. The van der Waals surface area contributed by atoms with Gasteiger partial charge in [0, 0.05) is 0 Å². The number of nitrogens with zero attached hydrogens (tertiary/aromatic N) is 2. The Morgan fingerprint density at radius 3 is 2.91 bits per heavy atom. The van der Waals surface area contributed by atoms with Crippen LogP contribution >= 0.6 is 0 Å². The fraction of sp³-hybridized carbons (Fsp3) is 0.346. The number of amides is 1. The van der Waals surface area contributed by atoms with E-state index in [1.807, 2.05) is 24.4 Å². The number of nitrogens with one attached hydrogen (secondary N) is 1. The Morgan fingerprint density at radius 2 is 2.03 bits per heavy atom. The van der Waals surface area contributed by atoms with Crippen molar-refractivity contribution in [2.45, 2.75) is 58.1 Å². The van der Waals surface area contributed by atoms with Crippen molar-refractivity contribution in [2.75, 3.05) is 0 Å². The van der Waals surface area contributed by atoms with E-state index < -0.39 is 0 Å². The number of hydrogen-bond acceptors (Lipinski definition) is 3. The van der Waals surface area contributed by atoms with E-state index in [2.05, 4.69) is 59.2 Å². The second kappa shape index (κ2) is 9.95. The van der Waals surface area contributed by atoms with Crippen LogP contribution in [0.4, 0.5) is 0 Å². The summed E-state index contributed by atoms with van der Waals surface area (Å²) in [6.45, 7) is 5.14. The molecule has 1 N–H and O–H groups in total. The number of ether oxygens (including phenoxy) is 1. The molecule has 2 aliphatic heterocycles. The number of rotatable bonds is 0. The average Bonchev–Trinajstić information content (AvgIpc) is 3.33. The number of benzene rings is 1. The monoisotopic (exact) mass is 599 g/mol. The molecule has 1 aromatic carbocycles. The first-order valence-corrected chi connectivity index (χ1v) is 12.6. The molecule has 32 heavy (non-hydrogen) atoms. The van der Waals surface area contributed by atoms with Gasteiger partial charge in [-0.1, -0.05) is 0 Å². The van der Waals surface area contributed by atoms with Gasteiger partial charge in [0.05, 0.1) is 0 Å². The van der Waals surface area contributed by atoms with Crippen molar-refractivity contribution in [3.05, 3.63) is 83.6 Å². The van der Waals surface area contributed by atoms with Crippen molar-refractivity contribution in [3.63, 3.8) is 0 Å². The summed E-state index contributed by atoms with van der Waals surface area (Å²) in [5.74, 6) is 1.73. The average molecular weight is 599 g/mol. The summed E-state index contributed by atoms with van der Waals surface area (Å²) in [5.41, 5.74) is 2.67. The van der Waals surface area contributed by atoms with Crippen molar-refractivity contribution >= 4 is 9.81 Å². The van der Waals surface area contributed by atoms with Gasteiger partial charge in [-0.3, -0.25) is 0 Å². The number of hydrogen-bond donors (Lipinski definition) is 1. The normalized spacial score (nSPS) is 18.7. The zero-order chi connectivity index (χ0) is 22.6. The van der Waals surface area contributed by atoms with E-state index in [0.717, 1.165) is 55.8 Å². The van der Waals surface area contributed by atoms with Crippen LogP contribution in [0, 0.1) is 0 Å². The van der Waals surface area contributed by atoms with E-state index in [1.165, 1.54) is 28.8 Å². The van der Waals surface area contributed by atoms with Crippen molar-refractivity contribution in [1.29, 1.82) is 0 Å². The molecule has 0 fully saturated rings. The van der Waals surface area contributed by atoms with Gasteiger partial charge in [-0.25, -0.2) is 0 Å². The molecule has 166 valence electrons. The Hall–Kier alpha value is -2.52. The van der Waals surface area contributed by atoms with Crippen molar-refractivity contribution in [1.82, 2.24) is 14.9 Å². The van der Waals surface area contributed by atoms with E-state index >= 15 is 0 Å². The molecular weight excluding hydrogens is 570 g/mol.